The van der Waals surface area contributed by atoms with Crippen molar-refractivity contribution in [1.29, 1.82) is 0 Å². The van der Waals surface area contributed by atoms with Crippen LogP contribution in [0, 0.1) is 6.42 Å². The van der Waals surface area contributed by atoms with E-state index in [1.54, 1.807) is 12.1 Å². The van der Waals surface area contributed by atoms with Crippen LogP contribution in [0.5, 0.6) is 11.5 Å². The average Bonchev–Trinajstić information content (AvgIpc) is 2.16. The smallest absolute Gasteiger partial charge is 0.125 e. The lowest BCUT2D eigenvalue weighted by molar-refractivity contribution is -0.105. The number of hydrogen-bond donors (Lipinski definition) is 1. The first kappa shape index (κ1) is 9.58. The number of benzene rings is 1. The Balaban J connectivity index is 2.85. The molecule has 1 N–H and O–H groups in total. The fourth-order valence-electron chi connectivity index (χ4n) is 1.08. The molecule has 1 rings (SSSR count). The second kappa shape index (κ2) is 4.50. The minimum Gasteiger partial charge on any atom is -0.508 e. The van der Waals surface area contributed by atoms with Crippen LogP contribution in [0.1, 0.15) is 5.56 Å². The van der Waals surface area contributed by atoms with Crippen molar-refractivity contribution < 1.29 is 14.6 Å². The Kier molecular flexibility index (Phi) is 3.31. The van der Waals surface area contributed by atoms with E-state index in [-0.39, 0.29) is 5.75 Å². The zero-order chi connectivity index (χ0) is 9.68. The first-order valence-electron chi connectivity index (χ1n) is 3.90. The number of carbonyl (C=O) groups excluding carboxylic acids is 1. The maximum absolute atomic E-state index is 10.1. The first-order chi connectivity index (χ1) is 6.27. The minimum absolute atomic E-state index is 0.159. The maximum atomic E-state index is 10.1. The lowest BCUT2D eigenvalue weighted by Crippen LogP contribution is -1.92. The number of aldehydes is 1. The predicted molar refractivity (Wildman–Crippen MR) is 48.7 cm³/mol. The molecular formula is C10H11O3. The molecule has 1 aromatic carbocycles. The molecule has 0 amide bonds. The average molecular weight is 179 g/mol. The molecule has 0 saturated heterocycles. The molecule has 0 heterocycles. The van der Waals surface area contributed by atoms with Crippen LogP contribution in [0.4, 0.5) is 0 Å². The van der Waals surface area contributed by atoms with Gasteiger partial charge in [0, 0.05) is 12.5 Å². The summed E-state index contributed by atoms with van der Waals surface area (Å²) in [6, 6.07) is 4.82. The van der Waals surface area contributed by atoms with Gasteiger partial charge < -0.3 is 14.6 Å². The van der Waals surface area contributed by atoms with Crippen molar-refractivity contribution >= 4 is 6.29 Å². The molecule has 0 aromatic heterocycles. The Morgan fingerprint density at radius 3 is 2.92 bits per heavy atom. The molecule has 1 radical (unpaired) electrons. The SMILES string of the molecule is COc1cc(O)ccc1C[CH]C=O. The van der Waals surface area contributed by atoms with Crippen LogP contribution in [-0.2, 0) is 11.2 Å². The summed E-state index contributed by atoms with van der Waals surface area (Å²) < 4.78 is 5.03. The molecule has 69 valence electrons. The number of rotatable bonds is 4. The summed E-state index contributed by atoms with van der Waals surface area (Å²) in [4.78, 5) is 10.1. The number of aromatic hydroxyl groups is 1. The van der Waals surface area contributed by atoms with Gasteiger partial charge in [0.2, 0.25) is 0 Å². The fraction of sp³-hybridized carbons (Fsp3) is 0.200. The molecule has 1 aromatic rings. The van der Waals surface area contributed by atoms with E-state index in [9.17, 15) is 4.79 Å². The van der Waals surface area contributed by atoms with E-state index in [0.29, 0.717) is 12.2 Å². The molecule has 0 aliphatic carbocycles. The Hall–Kier alpha value is -1.51. The van der Waals surface area contributed by atoms with Gasteiger partial charge in [-0.2, -0.15) is 0 Å². The second-order valence-corrected chi connectivity index (χ2v) is 2.57. The lowest BCUT2D eigenvalue weighted by Gasteiger charge is -2.06. The van der Waals surface area contributed by atoms with Crippen molar-refractivity contribution in [3.8, 4) is 11.5 Å². The largest absolute Gasteiger partial charge is 0.508 e. The molecule has 0 aliphatic heterocycles. The van der Waals surface area contributed by atoms with Gasteiger partial charge >= 0.3 is 0 Å². The molecule has 3 heteroatoms. The normalized spacial score (nSPS) is 9.62. The van der Waals surface area contributed by atoms with E-state index in [0.717, 1.165) is 11.8 Å². The summed E-state index contributed by atoms with van der Waals surface area (Å²) >= 11 is 0. The van der Waals surface area contributed by atoms with Crippen molar-refractivity contribution in [3.63, 3.8) is 0 Å². The Labute approximate surface area is 77.0 Å². The number of phenols is 1. The van der Waals surface area contributed by atoms with E-state index in [1.165, 1.54) is 19.6 Å². The number of hydrogen-bond acceptors (Lipinski definition) is 3. The van der Waals surface area contributed by atoms with E-state index in [4.69, 9.17) is 9.84 Å². The summed E-state index contributed by atoms with van der Waals surface area (Å²) in [7, 11) is 1.53. The Morgan fingerprint density at radius 1 is 1.54 bits per heavy atom. The number of ether oxygens (including phenoxy) is 1. The maximum Gasteiger partial charge on any atom is 0.125 e. The van der Waals surface area contributed by atoms with Gasteiger partial charge in [0.1, 0.15) is 17.8 Å². The molecule has 0 aliphatic rings. The molecule has 0 atom stereocenters. The highest BCUT2D eigenvalue weighted by atomic mass is 16.5. The molecule has 0 spiro atoms. The topological polar surface area (TPSA) is 46.5 Å². The third-order valence-electron chi connectivity index (χ3n) is 1.70. The summed E-state index contributed by atoms with van der Waals surface area (Å²) in [5, 5.41) is 9.13. The van der Waals surface area contributed by atoms with Gasteiger partial charge in [-0.1, -0.05) is 6.07 Å². The molecular weight excluding hydrogens is 168 g/mol. The molecule has 13 heavy (non-hydrogen) atoms. The van der Waals surface area contributed by atoms with E-state index in [1.807, 2.05) is 0 Å². The van der Waals surface area contributed by atoms with Crippen LogP contribution in [-0.4, -0.2) is 18.5 Å². The van der Waals surface area contributed by atoms with Gasteiger partial charge in [-0.15, -0.1) is 0 Å². The highest BCUT2D eigenvalue weighted by Crippen LogP contribution is 2.24. The monoisotopic (exact) mass is 179 g/mol. The van der Waals surface area contributed by atoms with Crippen LogP contribution in [0.2, 0.25) is 0 Å². The van der Waals surface area contributed by atoms with Crippen LogP contribution in [0.25, 0.3) is 0 Å². The van der Waals surface area contributed by atoms with Crippen molar-refractivity contribution in [2.75, 3.05) is 7.11 Å². The van der Waals surface area contributed by atoms with E-state index >= 15 is 0 Å². The second-order valence-electron chi connectivity index (χ2n) is 2.57. The van der Waals surface area contributed by atoms with Crippen LogP contribution in [0.3, 0.4) is 0 Å². The van der Waals surface area contributed by atoms with Gasteiger partial charge in [-0.3, -0.25) is 0 Å². The Morgan fingerprint density at radius 2 is 2.31 bits per heavy atom. The molecule has 0 bridgehead atoms. The fourth-order valence-corrected chi connectivity index (χ4v) is 1.08. The highest BCUT2D eigenvalue weighted by Gasteiger charge is 2.03. The third kappa shape index (κ3) is 2.47. The van der Waals surface area contributed by atoms with Gasteiger partial charge in [-0.05, 0) is 18.1 Å². The Bertz CT molecular complexity index is 294. The number of methoxy groups -OCH3 is 1. The van der Waals surface area contributed by atoms with Gasteiger partial charge in [-0.25, -0.2) is 0 Å². The lowest BCUT2D eigenvalue weighted by atomic mass is 10.1. The standard InChI is InChI=1S/C10H11O3/c1-13-10-7-9(12)5-4-8(10)3-2-6-11/h2,4-7,12H,3H2,1H3. The summed E-state index contributed by atoms with van der Waals surface area (Å²) in [5.74, 6) is 0.754. The van der Waals surface area contributed by atoms with Crippen LogP contribution < -0.4 is 4.74 Å². The minimum atomic E-state index is 0.159. The number of phenolic OH excluding ortho intramolecular Hbond substituents is 1. The molecule has 0 unspecified atom stereocenters. The molecule has 0 fully saturated rings. The van der Waals surface area contributed by atoms with Gasteiger partial charge in [0.15, 0.2) is 0 Å². The summed E-state index contributed by atoms with van der Waals surface area (Å²) in [6.07, 6.45) is 2.76. The quantitative estimate of drug-likeness (QED) is 0.709. The highest BCUT2D eigenvalue weighted by molar-refractivity contribution is 5.62. The number of carbonyl (C=O) groups is 1. The molecule has 0 saturated carbocycles. The van der Waals surface area contributed by atoms with Gasteiger partial charge in [0.25, 0.3) is 0 Å². The van der Waals surface area contributed by atoms with Crippen molar-refractivity contribution in [1.82, 2.24) is 0 Å². The van der Waals surface area contributed by atoms with Crippen molar-refractivity contribution in [3.05, 3.63) is 30.2 Å². The third-order valence-corrected chi connectivity index (χ3v) is 1.70. The zero-order valence-electron chi connectivity index (χ0n) is 7.36. The van der Waals surface area contributed by atoms with Crippen molar-refractivity contribution in [2.45, 2.75) is 6.42 Å². The van der Waals surface area contributed by atoms with Crippen LogP contribution in [0.15, 0.2) is 18.2 Å². The summed E-state index contributed by atoms with van der Waals surface area (Å²) in [6.45, 7) is 0. The predicted octanol–water partition coefficient (Wildman–Crippen LogP) is 1.35. The first-order valence-corrected chi connectivity index (χ1v) is 3.90. The zero-order valence-corrected chi connectivity index (χ0v) is 7.36. The summed E-state index contributed by atoms with van der Waals surface area (Å²) in [5.41, 5.74) is 0.882. The molecule has 3 nitrogen and oxygen atoms in total. The van der Waals surface area contributed by atoms with Gasteiger partial charge in [0.05, 0.1) is 7.11 Å². The van der Waals surface area contributed by atoms with Crippen molar-refractivity contribution in [2.24, 2.45) is 0 Å². The van der Waals surface area contributed by atoms with E-state index in [2.05, 4.69) is 0 Å². The van der Waals surface area contributed by atoms with E-state index < -0.39 is 0 Å². The van der Waals surface area contributed by atoms with Crippen LogP contribution >= 0.6 is 0 Å².